The van der Waals surface area contributed by atoms with Gasteiger partial charge in [-0.05, 0) is 0 Å². The highest BCUT2D eigenvalue weighted by molar-refractivity contribution is 7.81. The zero-order chi connectivity index (χ0) is 14.7. The average molecular weight is 322 g/mol. The topological polar surface area (TPSA) is 146 Å². The van der Waals surface area contributed by atoms with Crippen molar-refractivity contribution < 1.29 is 43.8 Å². The van der Waals surface area contributed by atoms with Crippen LogP contribution in [0.4, 0.5) is 0 Å². The fourth-order valence-corrected chi connectivity index (χ4v) is 2.40. The quantitative estimate of drug-likeness (QED) is 0.571. The molecule has 0 bridgehead atoms. The van der Waals surface area contributed by atoms with Crippen LogP contribution in [0.1, 0.15) is 6.42 Å². The highest BCUT2D eigenvalue weighted by Crippen LogP contribution is 2.21. The molecule has 12 heteroatoms. The van der Waals surface area contributed by atoms with Crippen molar-refractivity contribution in [1.29, 1.82) is 0 Å². The molecule has 2 N–H and O–H groups in total. The van der Waals surface area contributed by atoms with Crippen molar-refractivity contribution >= 4 is 20.8 Å². The second kappa shape index (κ2) is 6.41. The van der Waals surface area contributed by atoms with Crippen LogP contribution in [0.3, 0.4) is 0 Å². The first-order valence-corrected chi connectivity index (χ1v) is 7.75. The Morgan fingerprint density at radius 3 is 2.26 bits per heavy atom. The van der Waals surface area contributed by atoms with E-state index in [9.17, 15) is 16.8 Å². The lowest BCUT2D eigenvalue weighted by atomic mass is 10.0. The molecule has 1 fully saturated rings. The lowest BCUT2D eigenvalue weighted by Crippen LogP contribution is -2.46. The fourth-order valence-electron chi connectivity index (χ4n) is 1.59. The number of hydrogen-bond donors (Lipinski definition) is 2. The first kappa shape index (κ1) is 16.7. The van der Waals surface area contributed by atoms with Crippen molar-refractivity contribution in [2.45, 2.75) is 24.7 Å². The Balaban J connectivity index is 2.55. The van der Waals surface area contributed by atoms with E-state index in [1.54, 1.807) is 0 Å². The van der Waals surface area contributed by atoms with Gasteiger partial charge in [0, 0.05) is 13.5 Å². The summed E-state index contributed by atoms with van der Waals surface area (Å²) in [5.74, 6) is 0. The van der Waals surface area contributed by atoms with Crippen LogP contribution in [0, 0.1) is 0 Å². The molecule has 0 saturated carbocycles. The molecule has 0 spiro atoms. The van der Waals surface area contributed by atoms with Crippen LogP contribution in [0.2, 0.25) is 0 Å². The van der Waals surface area contributed by atoms with Gasteiger partial charge in [0.2, 0.25) is 0 Å². The Kier molecular flexibility index (Phi) is 5.64. The first-order valence-electron chi connectivity index (χ1n) is 5.02. The summed E-state index contributed by atoms with van der Waals surface area (Å²) in [5, 5.41) is 0. The maximum atomic E-state index is 10.6. The summed E-state index contributed by atoms with van der Waals surface area (Å²) in [7, 11) is -7.94. The maximum Gasteiger partial charge on any atom is 0.397 e. The molecular weight excluding hydrogens is 308 g/mol. The molecule has 1 saturated heterocycles. The van der Waals surface area contributed by atoms with Gasteiger partial charge in [0.05, 0.1) is 25.4 Å². The third-order valence-electron chi connectivity index (χ3n) is 2.36. The van der Waals surface area contributed by atoms with E-state index in [1.807, 2.05) is 0 Å². The number of rotatable bonds is 6. The Morgan fingerprint density at radius 2 is 1.79 bits per heavy atom. The zero-order valence-electron chi connectivity index (χ0n) is 9.83. The van der Waals surface area contributed by atoms with E-state index in [0.717, 1.165) is 0 Å². The van der Waals surface area contributed by atoms with Crippen molar-refractivity contribution in [1.82, 2.24) is 0 Å². The molecule has 0 aromatic carbocycles. The zero-order valence-corrected chi connectivity index (χ0v) is 11.5. The third kappa shape index (κ3) is 6.58. The van der Waals surface area contributed by atoms with Gasteiger partial charge in [0.25, 0.3) is 0 Å². The van der Waals surface area contributed by atoms with Gasteiger partial charge < -0.3 is 9.47 Å². The van der Waals surface area contributed by atoms with Crippen molar-refractivity contribution in [3.63, 3.8) is 0 Å². The van der Waals surface area contributed by atoms with E-state index < -0.39 is 45.7 Å². The number of methoxy groups -OCH3 is 1. The van der Waals surface area contributed by atoms with Crippen LogP contribution >= 0.6 is 0 Å². The predicted molar refractivity (Wildman–Crippen MR) is 59.1 cm³/mol. The summed E-state index contributed by atoms with van der Waals surface area (Å²) in [6, 6.07) is 0. The maximum absolute atomic E-state index is 10.6. The molecule has 0 aliphatic carbocycles. The SMILES string of the molecule is CO[C@H]1CC(COS(=O)(=O)O)OCC1OS(=O)(=O)O. The molecule has 2 unspecified atom stereocenters. The van der Waals surface area contributed by atoms with Gasteiger partial charge in [-0.2, -0.15) is 16.8 Å². The van der Waals surface area contributed by atoms with Crippen LogP contribution in [0.25, 0.3) is 0 Å². The fraction of sp³-hybridized carbons (Fsp3) is 1.00. The molecule has 1 aliphatic heterocycles. The van der Waals surface area contributed by atoms with E-state index >= 15 is 0 Å². The van der Waals surface area contributed by atoms with Gasteiger partial charge in [0.1, 0.15) is 6.10 Å². The molecule has 1 aliphatic rings. The van der Waals surface area contributed by atoms with Crippen LogP contribution in [0.5, 0.6) is 0 Å². The standard InChI is InChI=1S/C7H14O10S2/c1-14-6-2-5(3-16-18(8,9)10)15-4-7(6)17-19(11,12)13/h5-7H,2-4H2,1H3,(H,8,9,10)(H,11,12,13)/t5?,6-,7?/m0/s1. The summed E-state index contributed by atoms with van der Waals surface area (Å²) in [6.07, 6.45) is -2.47. The second-order valence-electron chi connectivity index (χ2n) is 3.74. The van der Waals surface area contributed by atoms with Gasteiger partial charge in [-0.15, -0.1) is 0 Å². The van der Waals surface area contributed by atoms with Crippen molar-refractivity contribution in [3.8, 4) is 0 Å². The summed E-state index contributed by atoms with van der Waals surface area (Å²) >= 11 is 0. The van der Waals surface area contributed by atoms with E-state index in [1.165, 1.54) is 7.11 Å². The molecular formula is C7H14O10S2. The van der Waals surface area contributed by atoms with Crippen molar-refractivity contribution in [2.24, 2.45) is 0 Å². The summed E-state index contributed by atoms with van der Waals surface area (Å²) in [6.45, 7) is -0.699. The molecule has 0 amide bonds. The highest BCUT2D eigenvalue weighted by Gasteiger charge is 2.35. The van der Waals surface area contributed by atoms with Gasteiger partial charge in [-0.25, -0.2) is 8.37 Å². The summed E-state index contributed by atoms with van der Waals surface area (Å²) in [5.41, 5.74) is 0. The van der Waals surface area contributed by atoms with Crippen LogP contribution in [-0.4, -0.2) is 64.6 Å². The molecule has 10 nitrogen and oxygen atoms in total. The largest absolute Gasteiger partial charge is 0.397 e. The first-order chi connectivity index (χ1) is 8.61. The lowest BCUT2D eigenvalue weighted by Gasteiger charge is -2.33. The molecule has 1 rings (SSSR count). The average Bonchev–Trinajstić information content (AvgIpc) is 2.24. The molecule has 0 radical (unpaired) electrons. The molecule has 114 valence electrons. The lowest BCUT2D eigenvalue weighted by molar-refractivity contribution is -0.131. The van der Waals surface area contributed by atoms with Crippen LogP contribution in [-0.2, 0) is 38.6 Å². The van der Waals surface area contributed by atoms with Gasteiger partial charge in [0.15, 0.2) is 0 Å². The molecule has 0 aromatic rings. The third-order valence-corrected chi connectivity index (χ3v) is 3.28. The minimum atomic E-state index is -4.65. The summed E-state index contributed by atoms with van der Waals surface area (Å²) < 4.78 is 77.4. The Labute approximate surface area is 110 Å². The molecule has 19 heavy (non-hydrogen) atoms. The number of ether oxygens (including phenoxy) is 2. The summed E-state index contributed by atoms with van der Waals surface area (Å²) in [4.78, 5) is 0. The predicted octanol–water partition coefficient (Wildman–Crippen LogP) is -1.20. The van der Waals surface area contributed by atoms with Gasteiger partial charge in [-0.1, -0.05) is 0 Å². The van der Waals surface area contributed by atoms with E-state index in [4.69, 9.17) is 18.6 Å². The van der Waals surface area contributed by atoms with Crippen molar-refractivity contribution in [3.05, 3.63) is 0 Å². The van der Waals surface area contributed by atoms with Crippen molar-refractivity contribution in [2.75, 3.05) is 20.3 Å². The van der Waals surface area contributed by atoms with Crippen LogP contribution in [0.15, 0.2) is 0 Å². The molecule has 3 atom stereocenters. The Bertz CT molecular complexity index is 482. The van der Waals surface area contributed by atoms with Crippen LogP contribution < -0.4 is 0 Å². The molecule has 0 aromatic heterocycles. The minimum absolute atomic E-state index is 0.0617. The number of hydrogen-bond acceptors (Lipinski definition) is 8. The second-order valence-corrected chi connectivity index (χ2v) is 5.88. The van der Waals surface area contributed by atoms with Gasteiger partial charge in [-0.3, -0.25) is 9.11 Å². The van der Waals surface area contributed by atoms with E-state index in [-0.39, 0.29) is 13.0 Å². The van der Waals surface area contributed by atoms with E-state index in [2.05, 4.69) is 8.37 Å². The molecule has 1 heterocycles. The Morgan fingerprint density at radius 1 is 1.16 bits per heavy atom. The smallest absolute Gasteiger partial charge is 0.379 e. The minimum Gasteiger partial charge on any atom is -0.379 e. The highest BCUT2D eigenvalue weighted by atomic mass is 32.3. The monoisotopic (exact) mass is 322 g/mol. The normalized spacial score (nSPS) is 29.3. The van der Waals surface area contributed by atoms with E-state index in [0.29, 0.717) is 0 Å². The van der Waals surface area contributed by atoms with Gasteiger partial charge >= 0.3 is 20.8 Å². The Hall–Kier alpha value is -0.340.